The lowest BCUT2D eigenvalue weighted by molar-refractivity contribution is 0.436. The van der Waals surface area contributed by atoms with Crippen LogP contribution in [0, 0.1) is 5.92 Å². The Labute approximate surface area is 105 Å². The summed E-state index contributed by atoms with van der Waals surface area (Å²) in [6, 6.07) is 4.66. The Morgan fingerprint density at radius 1 is 1.06 bits per heavy atom. The first-order chi connectivity index (χ1) is 7.63. The zero-order chi connectivity index (χ0) is 11.3. The average molecular weight is 248 g/mol. The summed E-state index contributed by atoms with van der Waals surface area (Å²) in [7, 11) is 0. The molecule has 2 aromatic rings. The summed E-state index contributed by atoms with van der Waals surface area (Å²) >= 11 is 3.80. The van der Waals surface area contributed by atoms with E-state index in [2.05, 4.69) is 43.7 Å². The predicted octanol–water partition coefficient (Wildman–Crippen LogP) is 5.14. The van der Waals surface area contributed by atoms with E-state index in [-0.39, 0.29) is 5.41 Å². The monoisotopic (exact) mass is 248 g/mol. The van der Waals surface area contributed by atoms with Crippen molar-refractivity contribution >= 4 is 22.7 Å². The fraction of sp³-hybridized carbons (Fsp3) is 0.429. The Morgan fingerprint density at radius 3 is 2.00 bits per heavy atom. The molecule has 0 amide bonds. The van der Waals surface area contributed by atoms with E-state index in [0.29, 0.717) is 0 Å². The Balaban J connectivity index is 2.21. The SMILES string of the molecule is CC(C)CC1(C)c2ccsc2-c2sccc21. The van der Waals surface area contributed by atoms with Crippen LogP contribution in [0.15, 0.2) is 22.9 Å². The standard InChI is InChI=1S/C14H16S2/c1-9(2)8-14(3)10-4-6-15-12(10)13-11(14)5-7-16-13/h4-7,9H,8H2,1-3H3. The second kappa shape index (κ2) is 3.44. The maximum atomic E-state index is 2.41. The van der Waals surface area contributed by atoms with Gasteiger partial charge in [-0.05, 0) is 46.4 Å². The minimum atomic E-state index is 0.263. The van der Waals surface area contributed by atoms with Gasteiger partial charge in [0.05, 0.1) is 0 Å². The maximum absolute atomic E-state index is 2.41. The molecule has 1 aliphatic rings. The van der Waals surface area contributed by atoms with Crippen molar-refractivity contribution in [3.05, 3.63) is 34.0 Å². The molecule has 0 aromatic carbocycles. The highest BCUT2D eigenvalue weighted by Crippen LogP contribution is 2.55. The first-order valence-corrected chi connectivity index (χ1v) is 7.55. The highest BCUT2D eigenvalue weighted by Gasteiger charge is 2.41. The van der Waals surface area contributed by atoms with E-state index in [4.69, 9.17) is 0 Å². The quantitative estimate of drug-likeness (QED) is 0.690. The van der Waals surface area contributed by atoms with Crippen molar-refractivity contribution in [1.82, 2.24) is 0 Å². The third kappa shape index (κ3) is 1.26. The lowest BCUT2D eigenvalue weighted by Crippen LogP contribution is -2.22. The molecule has 0 saturated carbocycles. The molecule has 1 aliphatic carbocycles. The summed E-state index contributed by atoms with van der Waals surface area (Å²) < 4.78 is 0. The van der Waals surface area contributed by atoms with Crippen LogP contribution in [0.4, 0.5) is 0 Å². The Bertz CT molecular complexity index is 476. The van der Waals surface area contributed by atoms with Crippen LogP contribution < -0.4 is 0 Å². The maximum Gasteiger partial charge on any atom is 0.0486 e. The Morgan fingerprint density at radius 2 is 1.56 bits per heavy atom. The van der Waals surface area contributed by atoms with Crippen molar-refractivity contribution < 1.29 is 0 Å². The lowest BCUT2D eigenvalue weighted by Gasteiger charge is -2.27. The molecule has 0 spiro atoms. The van der Waals surface area contributed by atoms with Crippen LogP contribution in [0.3, 0.4) is 0 Å². The van der Waals surface area contributed by atoms with Gasteiger partial charge >= 0.3 is 0 Å². The average Bonchev–Trinajstić information content (AvgIpc) is 2.86. The topological polar surface area (TPSA) is 0 Å². The van der Waals surface area contributed by atoms with Crippen molar-refractivity contribution in [2.75, 3.05) is 0 Å². The molecule has 0 unspecified atom stereocenters. The molecular formula is C14H16S2. The van der Waals surface area contributed by atoms with Gasteiger partial charge < -0.3 is 0 Å². The van der Waals surface area contributed by atoms with Gasteiger partial charge in [0, 0.05) is 15.2 Å². The van der Waals surface area contributed by atoms with Gasteiger partial charge in [-0.25, -0.2) is 0 Å². The molecule has 0 atom stereocenters. The first-order valence-electron chi connectivity index (χ1n) is 5.79. The normalized spacial score (nSPS) is 16.5. The number of fused-ring (bicyclic) bond motifs is 3. The van der Waals surface area contributed by atoms with Crippen LogP contribution in [0.25, 0.3) is 9.75 Å². The molecule has 0 fully saturated rings. The van der Waals surface area contributed by atoms with E-state index in [0.717, 1.165) is 5.92 Å². The second-order valence-corrected chi connectivity index (χ2v) is 7.09. The summed E-state index contributed by atoms with van der Waals surface area (Å²) in [4.78, 5) is 3.04. The molecule has 0 N–H and O–H groups in total. The van der Waals surface area contributed by atoms with Crippen molar-refractivity contribution in [2.24, 2.45) is 5.92 Å². The van der Waals surface area contributed by atoms with Gasteiger partial charge in [-0.3, -0.25) is 0 Å². The number of hydrogen-bond acceptors (Lipinski definition) is 2. The van der Waals surface area contributed by atoms with Crippen LogP contribution >= 0.6 is 22.7 Å². The van der Waals surface area contributed by atoms with Gasteiger partial charge in [0.25, 0.3) is 0 Å². The molecule has 3 rings (SSSR count). The third-order valence-corrected chi connectivity index (χ3v) is 5.54. The van der Waals surface area contributed by atoms with Crippen LogP contribution in [0.1, 0.15) is 38.3 Å². The molecule has 84 valence electrons. The second-order valence-electron chi connectivity index (χ2n) is 5.26. The first kappa shape index (κ1) is 10.5. The molecule has 0 aliphatic heterocycles. The number of rotatable bonds is 2. The van der Waals surface area contributed by atoms with E-state index in [1.54, 1.807) is 11.1 Å². The van der Waals surface area contributed by atoms with Gasteiger partial charge in [-0.2, -0.15) is 0 Å². The third-order valence-electron chi connectivity index (χ3n) is 3.54. The summed E-state index contributed by atoms with van der Waals surface area (Å²) in [5.41, 5.74) is 3.39. The fourth-order valence-corrected chi connectivity index (χ4v) is 5.26. The molecule has 0 bridgehead atoms. The van der Waals surface area contributed by atoms with Gasteiger partial charge in [-0.15, -0.1) is 22.7 Å². The molecule has 2 aromatic heterocycles. The highest BCUT2D eigenvalue weighted by atomic mass is 32.1. The zero-order valence-corrected chi connectivity index (χ0v) is 11.5. The van der Waals surface area contributed by atoms with Gasteiger partial charge in [-0.1, -0.05) is 20.8 Å². The van der Waals surface area contributed by atoms with Crippen LogP contribution in [0.5, 0.6) is 0 Å². The lowest BCUT2D eigenvalue weighted by atomic mass is 9.75. The van der Waals surface area contributed by atoms with Crippen LogP contribution in [-0.2, 0) is 5.41 Å². The molecule has 2 heteroatoms. The summed E-state index contributed by atoms with van der Waals surface area (Å²) in [5, 5.41) is 4.48. The largest absolute Gasteiger partial charge is 0.143 e. The van der Waals surface area contributed by atoms with E-state index in [9.17, 15) is 0 Å². The zero-order valence-electron chi connectivity index (χ0n) is 9.91. The predicted molar refractivity (Wildman–Crippen MR) is 73.5 cm³/mol. The molecule has 0 nitrogen and oxygen atoms in total. The Kier molecular flexibility index (Phi) is 2.27. The molecule has 16 heavy (non-hydrogen) atoms. The smallest absolute Gasteiger partial charge is 0.0486 e. The van der Waals surface area contributed by atoms with Crippen molar-refractivity contribution in [2.45, 2.75) is 32.6 Å². The minimum Gasteiger partial charge on any atom is -0.143 e. The number of hydrogen-bond donors (Lipinski definition) is 0. The van der Waals surface area contributed by atoms with Crippen LogP contribution in [-0.4, -0.2) is 0 Å². The van der Waals surface area contributed by atoms with Gasteiger partial charge in [0.2, 0.25) is 0 Å². The van der Waals surface area contributed by atoms with Crippen molar-refractivity contribution in [3.63, 3.8) is 0 Å². The van der Waals surface area contributed by atoms with Crippen molar-refractivity contribution in [3.8, 4) is 9.75 Å². The van der Waals surface area contributed by atoms with Crippen LogP contribution in [0.2, 0.25) is 0 Å². The van der Waals surface area contributed by atoms with Gasteiger partial charge in [0.1, 0.15) is 0 Å². The summed E-state index contributed by atoms with van der Waals surface area (Å²) in [6.45, 7) is 7.06. The molecular weight excluding hydrogens is 232 g/mol. The number of thiophene rings is 2. The Hall–Kier alpha value is -0.600. The van der Waals surface area contributed by atoms with E-state index in [1.165, 1.54) is 16.2 Å². The highest BCUT2D eigenvalue weighted by molar-refractivity contribution is 7.21. The molecule has 0 saturated heterocycles. The summed E-state index contributed by atoms with van der Waals surface area (Å²) in [6.07, 6.45) is 1.25. The van der Waals surface area contributed by atoms with Gasteiger partial charge in [0.15, 0.2) is 0 Å². The fourth-order valence-electron chi connectivity index (χ4n) is 3.02. The van der Waals surface area contributed by atoms with Crippen molar-refractivity contribution in [1.29, 1.82) is 0 Å². The molecule has 0 radical (unpaired) electrons. The molecule has 2 heterocycles. The minimum absolute atomic E-state index is 0.263. The summed E-state index contributed by atoms with van der Waals surface area (Å²) in [5.74, 6) is 0.739. The van der Waals surface area contributed by atoms with E-state index >= 15 is 0 Å². The van der Waals surface area contributed by atoms with E-state index < -0.39 is 0 Å². The van der Waals surface area contributed by atoms with E-state index in [1.807, 2.05) is 22.7 Å².